The molecular weight excluding hydrogens is 519 g/mol. The van der Waals surface area contributed by atoms with Crippen molar-refractivity contribution in [2.45, 2.75) is 38.1 Å². The van der Waals surface area contributed by atoms with Crippen molar-refractivity contribution in [3.63, 3.8) is 0 Å². The maximum Gasteiger partial charge on any atom is 0.243 e. The summed E-state index contributed by atoms with van der Waals surface area (Å²) in [6, 6.07) is 7.98. The molecule has 0 spiro atoms. The molecule has 7 nitrogen and oxygen atoms in total. The molecule has 0 aliphatic carbocycles. The fraction of sp³-hybridized carbons (Fsp3) is 0.333. The first-order chi connectivity index (χ1) is 17.4. The number of benzene rings is 2. The molecule has 0 unspecified atom stereocenters. The molecule has 1 saturated heterocycles. The van der Waals surface area contributed by atoms with Gasteiger partial charge in [0, 0.05) is 19.0 Å². The number of nitrogens with one attached hydrogen (secondary N) is 1. The molecular formula is C24H23F5N4O3S. The van der Waals surface area contributed by atoms with E-state index < -0.39 is 63.0 Å². The summed E-state index contributed by atoms with van der Waals surface area (Å²) in [6.07, 6.45) is 0.545. The van der Waals surface area contributed by atoms with Crippen LogP contribution < -0.4 is 5.32 Å². The fourth-order valence-electron chi connectivity index (χ4n) is 4.30. The molecule has 37 heavy (non-hydrogen) atoms. The molecule has 0 saturated carbocycles. The van der Waals surface area contributed by atoms with Crippen molar-refractivity contribution in [1.82, 2.24) is 14.1 Å². The highest BCUT2D eigenvalue weighted by atomic mass is 32.2. The van der Waals surface area contributed by atoms with Crippen LogP contribution in [-0.2, 0) is 21.4 Å². The van der Waals surface area contributed by atoms with E-state index in [1.165, 1.54) is 30.3 Å². The molecule has 1 aliphatic rings. The number of carbonyl (C=O) groups is 1. The first kappa shape index (κ1) is 26.7. The van der Waals surface area contributed by atoms with Crippen molar-refractivity contribution in [1.29, 1.82) is 0 Å². The zero-order valence-corrected chi connectivity index (χ0v) is 20.7. The number of aromatic nitrogens is 2. The molecule has 0 atom stereocenters. The molecule has 1 N–H and O–H groups in total. The van der Waals surface area contributed by atoms with Gasteiger partial charge in [-0.15, -0.1) is 0 Å². The summed E-state index contributed by atoms with van der Waals surface area (Å²) in [5.74, 6) is -11.1. The second-order valence-electron chi connectivity index (χ2n) is 8.73. The zero-order chi connectivity index (χ0) is 27.1. The number of sulfonamides is 1. The standard InChI is InChI=1S/C24H23F5N4O3S/c1-13-23(14(2)33(31-13)12-17-18(25)20(27)22(29)21(28)19(17)26)30-24(34)15-8-10-32(11-9-15)37(35,36)16-6-4-3-5-7-16/h3-7,15H,8-12H2,1-2H3,(H,30,34). The number of amides is 1. The summed E-state index contributed by atoms with van der Waals surface area (Å²) in [7, 11) is -3.68. The van der Waals surface area contributed by atoms with Gasteiger partial charge in [0.2, 0.25) is 21.7 Å². The van der Waals surface area contributed by atoms with Gasteiger partial charge in [-0.05, 0) is 38.8 Å². The van der Waals surface area contributed by atoms with Gasteiger partial charge < -0.3 is 5.32 Å². The summed E-state index contributed by atoms with van der Waals surface area (Å²) >= 11 is 0. The lowest BCUT2D eigenvalue weighted by Gasteiger charge is -2.30. The molecule has 1 aromatic heterocycles. The number of hydrogen-bond donors (Lipinski definition) is 1. The third-order valence-corrected chi connectivity index (χ3v) is 8.36. The lowest BCUT2D eigenvalue weighted by Crippen LogP contribution is -2.41. The van der Waals surface area contributed by atoms with Crippen LogP contribution in [0.1, 0.15) is 29.8 Å². The summed E-state index contributed by atoms with van der Waals surface area (Å²) in [5, 5.41) is 6.80. The molecule has 1 aliphatic heterocycles. The minimum atomic E-state index is -3.68. The fourth-order valence-corrected chi connectivity index (χ4v) is 5.79. The Bertz CT molecular complexity index is 1420. The van der Waals surface area contributed by atoms with Gasteiger partial charge >= 0.3 is 0 Å². The summed E-state index contributed by atoms with van der Waals surface area (Å²) < 4.78 is 96.7. The number of anilines is 1. The predicted octanol–water partition coefficient (Wildman–Crippen LogP) is 4.28. The van der Waals surface area contributed by atoms with Gasteiger partial charge in [-0.3, -0.25) is 9.48 Å². The Morgan fingerprint density at radius 1 is 0.946 bits per heavy atom. The van der Waals surface area contributed by atoms with Crippen molar-refractivity contribution >= 4 is 21.6 Å². The van der Waals surface area contributed by atoms with E-state index in [9.17, 15) is 35.2 Å². The van der Waals surface area contributed by atoms with Crippen molar-refractivity contribution in [2.24, 2.45) is 5.92 Å². The average Bonchev–Trinajstić information content (AvgIpc) is 3.16. The van der Waals surface area contributed by atoms with E-state index in [1.807, 2.05) is 0 Å². The van der Waals surface area contributed by atoms with E-state index in [4.69, 9.17) is 0 Å². The third-order valence-electron chi connectivity index (χ3n) is 6.44. The maximum atomic E-state index is 14.1. The smallest absolute Gasteiger partial charge is 0.243 e. The predicted molar refractivity (Wildman–Crippen MR) is 124 cm³/mol. The van der Waals surface area contributed by atoms with E-state index in [-0.39, 0.29) is 47.9 Å². The lowest BCUT2D eigenvalue weighted by molar-refractivity contribution is -0.120. The molecule has 1 amide bonds. The number of aryl methyl sites for hydroxylation is 1. The van der Waals surface area contributed by atoms with Crippen molar-refractivity contribution in [3.8, 4) is 0 Å². The minimum absolute atomic E-state index is 0.146. The van der Waals surface area contributed by atoms with Crippen LogP contribution in [-0.4, -0.2) is 41.5 Å². The monoisotopic (exact) mass is 542 g/mol. The number of hydrogen-bond acceptors (Lipinski definition) is 4. The Hall–Kier alpha value is -3.32. The lowest BCUT2D eigenvalue weighted by atomic mass is 9.97. The molecule has 4 rings (SSSR count). The van der Waals surface area contributed by atoms with Gasteiger partial charge in [0.05, 0.1) is 34.1 Å². The highest BCUT2D eigenvalue weighted by Crippen LogP contribution is 2.28. The maximum absolute atomic E-state index is 14.1. The quantitative estimate of drug-likeness (QED) is 0.286. The highest BCUT2D eigenvalue weighted by molar-refractivity contribution is 7.89. The molecule has 0 bridgehead atoms. The Labute approximate surface area is 209 Å². The second kappa shape index (κ2) is 10.2. The zero-order valence-electron chi connectivity index (χ0n) is 19.9. The average molecular weight is 543 g/mol. The SMILES string of the molecule is Cc1nn(Cc2c(F)c(F)c(F)c(F)c2F)c(C)c1NC(=O)C1CCN(S(=O)(=O)c2ccccc2)CC1. The topological polar surface area (TPSA) is 84.3 Å². The van der Waals surface area contributed by atoms with Crippen LogP contribution in [0.2, 0.25) is 0 Å². The Kier molecular flexibility index (Phi) is 7.38. The third kappa shape index (κ3) is 4.97. The second-order valence-corrected chi connectivity index (χ2v) is 10.7. The van der Waals surface area contributed by atoms with E-state index in [2.05, 4.69) is 10.4 Å². The van der Waals surface area contributed by atoms with Gasteiger partial charge in [0.25, 0.3) is 0 Å². The highest BCUT2D eigenvalue weighted by Gasteiger charge is 2.33. The molecule has 1 fully saturated rings. The van der Waals surface area contributed by atoms with Crippen LogP contribution in [0.3, 0.4) is 0 Å². The van der Waals surface area contributed by atoms with E-state index in [0.717, 1.165) is 4.68 Å². The number of carbonyl (C=O) groups excluding carboxylic acids is 1. The van der Waals surface area contributed by atoms with E-state index >= 15 is 0 Å². The molecule has 3 aromatic rings. The first-order valence-electron chi connectivity index (χ1n) is 11.3. The van der Waals surface area contributed by atoms with Gasteiger partial charge in [0.15, 0.2) is 23.3 Å². The summed E-state index contributed by atoms with van der Waals surface area (Å²) in [6.45, 7) is 2.55. The van der Waals surface area contributed by atoms with Crippen LogP contribution in [0.25, 0.3) is 0 Å². The van der Waals surface area contributed by atoms with Crippen LogP contribution in [0.5, 0.6) is 0 Å². The number of halogens is 5. The Morgan fingerprint density at radius 3 is 2.05 bits per heavy atom. The molecule has 198 valence electrons. The largest absolute Gasteiger partial charge is 0.323 e. The molecule has 2 aromatic carbocycles. The normalized spacial score (nSPS) is 15.2. The van der Waals surface area contributed by atoms with Crippen LogP contribution >= 0.6 is 0 Å². The Morgan fingerprint density at radius 2 is 1.49 bits per heavy atom. The molecule has 0 radical (unpaired) electrons. The minimum Gasteiger partial charge on any atom is -0.323 e. The first-order valence-corrected chi connectivity index (χ1v) is 12.8. The Balaban J connectivity index is 1.46. The molecule has 13 heteroatoms. The van der Waals surface area contributed by atoms with Crippen molar-refractivity contribution in [2.75, 3.05) is 18.4 Å². The number of rotatable bonds is 6. The number of piperidine rings is 1. The van der Waals surface area contributed by atoms with E-state index in [0.29, 0.717) is 0 Å². The summed E-state index contributed by atoms with van der Waals surface area (Å²) in [5.41, 5.74) is -0.280. The van der Waals surface area contributed by atoms with Gasteiger partial charge in [-0.1, -0.05) is 18.2 Å². The van der Waals surface area contributed by atoms with E-state index in [1.54, 1.807) is 18.2 Å². The van der Waals surface area contributed by atoms with Gasteiger partial charge in [0.1, 0.15) is 0 Å². The van der Waals surface area contributed by atoms with Crippen LogP contribution in [0.4, 0.5) is 27.6 Å². The number of nitrogens with zero attached hydrogens (tertiary/aromatic N) is 3. The van der Waals surface area contributed by atoms with Crippen molar-refractivity contribution < 1.29 is 35.2 Å². The summed E-state index contributed by atoms with van der Waals surface area (Å²) in [4.78, 5) is 13.1. The van der Waals surface area contributed by atoms with Crippen LogP contribution in [0.15, 0.2) is 35.2 Å². The van der Waals surface area contributed by atoms with Crippen molar-refractivity contribution in [3.05, 3.63) is 76.4 Å². The van der Waals surface area contributed by atoms with Gasteiger partial charge in [-0.2, -0.15) is 9.40 Å². The van der Waals surface area contributed by atoms with Crippen LogP contribution in [0, 0.1) is 48.9 Å². The van der Waals surface area contributed by atoms with Gasteiger partial charge in [-0.25, -0.2) is 30.4 Å². The molecule has 2 heterocycles.